The van der Waals surface area contributed by atoms with Gasteiger partial charge in [-0.25, -0.2) is 9.50 Å². The number of aliphatic hydroxyl groups excluding tert-OH is 1. The summed E-state index contributed by atoms with van der Waals surface area (Å²) in [5.74, 6) is 1.29. The van der Waals surface area contributed by atoms with Crippen molar-refractivity contribution in [2.45, 2.75) is 32.2 Å². The van der Waals surface area contributed by atoms with Crippen LogP contribution in [0.3, 0.4) is 0 Å². The summed E-state index contributed by atoms with van der Waals surface area (Å²) in [6.45, 7) is 5.89. The molecule has 1 unspecified atom stereocenters. The first kappa shape index (κ1) is 27.1. The van der Waals surface area contributed by atoms with Crippen LogP contribution in [-0.4, -0.2) is 76.0 Å². The molecule has 0 radical (unpaired) electrons. The lowest BCUT2D eigenvalue weighted by atomic mass is 10.0. The van der Waals surface area contributed by atoms with Crippen LogP contribution in [0.5, 0.6) is 5.75 Å². The van der Waals surface area contributed by atoms with Gasteiger partial charge in [-0.05, 0) is 37.6 Å². The second-order valence-corrected chi connectivity index (χ2v) is 9.86. The number of anilines is 1. The number of hydrogen-bond donors (Lipinski definition) is 1. The number of nitriles is 1. The zero-order chi connectivity index (χ0) is 28.2. The predicted molar refractivity (Wildman–Crippen MR) is 150 cm³/mol. The highest BCUT2D eigenvalue weighted by molar-refractivity contribution is 5.85. The summed E-state index contributed by atoms with van der Waals surface area (Å²) in [4.78, 5) is 21.9. The third-order valence-corrected chi connectivity index (χ3v) is 7.24. The number of benzene rings is 1. The molecular formula is C30H32N6O4. The number of aliphatic hydroxyl groups is 1. The Bertz CT molecular complexity index is 1510. The number of piperazine rings is 1. The standard InChI is InChI=1S/C30H32N6O4/c1-20(37)21(2)40-25-15-26(28-24(16-31)18-33-36(28)19-25)23-9-10-27(32-17-23)34-11-13-35(14-12-34)30(38)29(39-3)22-7-5-4-6-8-22/h4-10,15,17-21,29,37H,11-14H2,1-3H3/t20-,21+,29?/m1/s1. The third-order valence-electron chi connectivity index (χ3n) is 7.24. The van der Waals surface area contributed by atoms with Crippen LogP contribution in [0.1, 0.15) is 31.1 Å². The number of ether oxygens (including phenoxy) is 2. The molecule has 10 heteroatoms. The average molecular weight is 541 g/mol. The van der Waals surface area contributed by atoms with Gasteiger partial charge in [-0.2, -0.15) is 10.4 Å². The molecule has 0 aliphatic carbocycles. The van der Waals surface area contributed by atoms with Crippen molar-refractivity contribution < 1.29 is 19.4 Å². The minimum atomic E-state index is -0.651. The first-order chi connectivity index (χ1) is 19.4. The number of nitrogens with zero attached hydrogens (tertiary/aromatic N) is 6. The van der Waals surface area contributed by atoms with Gasteiger partial charge < -0.3 is 24.4 Å². The Balaban J connectivity index is 1.32. The van der Waals surface area contributed by atoms with Gasteiger partial charge in [0, 0.05) is 50.6 Å². The smallest absolute Gasteiger partial charge is 0.256 e. The topological polar surface area (TPSA) is 116 Å². The molecule has 5 rings (SSSR count). The van der Waals surface area contributed by atoms with E-state index in [1.165, 1.54) is 6.20 Å². The van der Waals surface area contributed by atoms with Gasteiger partial charge in [-0.15, -0.1) is 0 Å². The van der Waals surface area contributed by atoms with Gasteiger partial charge in [-0.3, -0.25) is 4.79 Å². The normalized spacial score (nSPS) is 15.9. The van der Waals surface area contributed by atoms with Crippen LogP contribution >= 0.6 is 0 Å². The molecule has 1 N–H and O–H groups in total. The fourth-order valence-electron chi connectivity index (χ4n) is 4.84. The van der Waals surface area contributed by atoms with Crippen molar-refractivity contribution in [3.8, 4) is 22.9 Å². The van der Waals surface area contributed by atoms with E-state index < -0.39 is 18.3 Å². The minimum Gasteiger partial charge on any atom is -0.486 e. The molecule has 4 heterocycles. The first-order valence-electron chi connectivity index (χ1n) is 13.2. The molecule has 4 aromatic rings. The molecular weight excluding hydrogens is 508 g/mol. The van der Waals surface area contributed by atoms with E-state index in [1.54, 1.807) is 37.9 Å². The summed E-state index contributed by atoms with van der Waals surface area (Å²) in [6.07, 6.45) is 3.31. The highest BCUT2D eigenvalue weighted by Gasteiger charge is 2.29. The Kier molecular flexibility index (Phi) is 7.96. The Morgan fingerprint density at radius 1 is 1.07 bits per heavy atom. The third kappa shape index (κ3) is 5.47. The van der Waals surface area contributed by atoms with Crippen LogP contribution in [-0.2, 0) is 9.53 Å². The highest BCUT2D eigenvalue weighted by atomic mass is 16.5. The Hall–Kier alpha value is -4.46. The monoisotopic (exact) mass is 540 g/mol. The van der Waals surface area contributed by atoms with Gasteiger partial charge in [0.1, 0.15) is 23.7 Å². The van der Waals surface area contributed by atoms with Crippen LogP contribution < -0.4 is 9.64 Å². The van der Waals surface area contributed by atoms with E-state index in [0.717, 1.165) is 22.5 Å². The largest absolute Gasteiger partial charge is 0.486 e. The van der Waals surface area contributed by atoms with Crippen molar-refractivity contribution in [3.05, 3.63) is 78.2 Å². The summed E-state index contributed by atoms with van der Waals surface area (Å²) in [6, 6.07) is 17.5. The predicted octanol–water partition coefficient (Wildman–Crippen LogP) is 3.45. The SMILES string of the molecule is COC(C(=O)N1CCN(c2ccc(-c3cc(O[C@@H](C)[C@@H](C)O)cn4ncc(C#N)c34)cn2)CC1)c1ccccc1. The molecule has 0 bridgehead atoms. The summed E-state index contributed by atoms with van der Waals surface area (Å²) < 4.78 is 13.1. The van der Waals surface area contributed by atoms with Crippen LogP contribution in [0.2, 0.25) is 0 Å². The number of amides is 1. The maximum absolute atomic E-state index is 13.2. The van der Waals surface area contributed by atoms with Gasteiger partial charge in [0.25, 0.3) is 5.91 Å². The summed E-state index contributed by atoms with van der Waals surface area (Å²) in [5, 5.41) is 23.9. The van der Waals surface area contributed by atoms with Crippen molar-refractivity contribution in [2.24, 2.45) is 0 Å². The lowest BCUT2D eigenvalue weighted by molar-refractivity contribution is -0.142. The zero-order valence-corrected chi connectivity index (χ0v) is 22.8. The van der Waals surface area contributed by atoms with Crippen molar-refractivity contribution in [2.75, 3.05) is 38.2 Å². The van der Waals surface area contributed by atoms with E-state index in [-0.39, 0.29) is 5.91 Å². The number of rotatable bonds is 8. The van der Waals surface area contributed by atoms with Gasteiger partial charge in [0.15, 0.2) is 6.10 Å². The van der Waals surface area contributed by atoms with Crippen molar-refractivity contribution in [3.63, 3.8) is 0 Å². The van der Waals surface area contributed by atoms with Crippen LogP contribution in [0.25, 0.3) is 16.6 Å². The van der Waals surface area contributed by atoms with Crippen molar-refractivity contribution in [1.82, 2.24) is 19.5 Å². The van der Waals surface area contributed by atoms with Crippen LogP contribution in [0.4, 0.5) is 5.82 Å². The van der Waals surface area contributed by atoms with Gasteiger partial charge in [-0.1, -0.05) is 30.3 Å². The van der Waals surface area contributed by atoms with Crippen LogP contribution in [0, 0.1) is 11.3 Å². The molecule has 1 aliphatic heterocycles. The van der Waals surface area contributed by atoms with E-state index in [2.05, 4.69) is 16.1 Å². The molecule has 1 amide bonds. The number of aromatic nitrogens is 3. The molecule has 40 heavy (non-hydrogen) atoms. The number of carbonyl (C=O) groups excluding carboxylic acids is 1. The fraction of sp³-hybridized carbons (Fsp3) is 0.333. The number of methoxy groups -OCH3 is 1. The summed E-state index contributed by atoms with van der Waals surface area (Å²) >= 11 is 0. The Morgan fingerprint density at radius 2 is 1.82 bits per heavy atom. The number of fused-ring (bicyclic) bond motifs is 1. The zero-order valence-electron chi connectivity index (χ0n) is 22.8. The second-order valence-electron chi connectivity index (χ2n) is 9.86. The summed E-state index contributed by atoms with van der Waals surface area (Å²) in [5.41, 5.74) is 3.51. The molecule has 1 fully saturated rings. The molecule has 0 saturated carbocycles. The van der Waals surface area contributed by atoms with Crippen molar-refractivity contribution >= 4 is 17.2 Å². The molecule has 10 nitrogen and oxygen atoms in total. The van der Waals surface area contributed by atoms with Gasteiger partial charge in [0.2, 0.25) is 0 Å². The Morgan fingerprint density at radius 3 is 2.45 bits per heavy atom. The lowest BCUT2D eigenvalue weighted by Crippen LogP contribution is -2.50. The molecule has 1 saturated heterocycles. The number of pyridine rings is 2. The molecule has 3 atom stereocenters. The molecule has 1 aliphatic rings. The van der Waals surface area contributed by atoms with E-state index in [4.69, 9.17) is 14.5 Å². The maximum Gasteiger partial charge on any atom is 0.256 e. The fourth-order valence-corrected chi connectivity index (χ4v) is 4.84. The number of carbonyl (C=O) groups is 1. The first-order valence-corrected chi connectivity index (χ1v) is 13.2. The van der Waals surface area contributed by atoms with Crippen molar-refractivity contribution in [1.29, 1.82) is 5.26 Å². The number of hydrogen-bond acceptors (Lipinski definition) is 8. The highest BCUT2D eigenvalue weighted by Crippen LogP contribution is 2.32. The molecule has 0 spiro atoms. The van der Waals surface area contributed by atoms with Gasteiger partial charge >= 0.3 is 0 Å². The quantitative estimate of drug-likeness (QED) is 0.361. The molecule has 206 valence electrons. The summed E-state index contributed by atoms with van der Waals surface area (Å²) in [7, 11) is 1.56. The Labute approximate surface area is 233 Å². The van der Waals surface area contributed by atoms with E-state index >= 15 is 0 Å². The maximum atomic E-state index is 13.2. The van der Waals surface area contributed by atoms with E-state index in [1.807, 2.05) is 53.4 Å². The molecule has 3 aromatic heterocycles. The second kappa shape index (κ2) is 11.7. The van der Waals surface area contributed by atoms with Gasteiger partial charge in [0.05, 0.1) is 29.6 Å². The molecule has 1 aromatic carbocycles. The van der Waals surface area contributed by atoms with E-state index in [9.17, 15) is 15.2 Å². The minimum absolute atomic E-state index is 0.0400. The lowest BCUT2D eigenvalue weighted by Gasteiger charge is -2.36. The average Bonchev–Trinajstić information content (AvgIpc) is 3.41. The van der Waals surface area contributed by atoms with Crippen LogP contribution in [0.15, 0.2) is 67.1 Å². The van der Waals surface area contributed by atoms with E-state index in [0.29, 0.717) is 43.0 Å².